The number of nitrogens with one attached hydrogen (secondary N) is 1. The van der Waals surface area contributed by atoms with E-state index in [1.165, 1.54) is 16.4 Å². The Morgan fingerprint density at radius 3 is 2.41 bits per heavy atom. The molecule has 8 N–H and O–H groups in total. The second kappa shape index (κ2) is 13.9. The zero-order chi connectivity index (χ0) is 29.5. The zero-order valence-corrected chi connectivity index (χ0v) is 22.6. The van der Waals surface area contributed by atoms with Crippen LogP contribution in [0.15, 0.2) is 60.0 Å². The number of aliphatic hydroxyl groups is 4. The van der Waals surface area contributed by atoms with Crippen LogP contribution in [-0.4, -0.2) is 91.3 Å². The highest BCUT2D eigenvalue weighted by Gasteiger charge is 2.48. The van der Waals surface area contributed by atoms with Gasteiger partial charge in [-0.05, 0) is 29.7 Å². The van der Waals surface area contributed by atoms with Gasteiger partial charge in [0, 0.05) is 17.6 Å². The van der Waals surface area contributed by atoms with Crippen LogP contribution in [0.25, 0.3) is 0 Å². The molecule has 0 aliphatic carbocycles. The number of hydrogen-bond donors (Lipinski definition) is 7. The van der Waals surface area contributed by atoms with Crippen LogP contribution >= 0.6 is 11.3 Å². The van der Waals surface area contributed by atoms with Gasteiger partial charge in [0.1, 0.15) is 18.3 Å². The van der Waals surface area contributed by atoms with E-state index in [2.05, 4.69) is 10.3 Å². The number of nitrogens with zero attached hydrogens (tertiary/aromatic N) is 2. The maximum absolute atomic E-state index is 12.3. The lowest BCUT2D eigenvalue weighted by molar-refractivity contribution is -0.358. The topological polar surface area (TPSA) is 208 Å². The second-order valence-electron chi connectivity index (χ2n) is 9.50. The molecular formula is C27H32N4O9S. The summed E-state index contributed by atoms with van der Waals surface area (Å²) in [5, 5.41) is 56.9. The fraction of sp³-hybridized carbons (Fsp3) is 0.370. The number of aliphatic hydroxyl groups excluding tert-OH is 4. The number of carboxylic acids is 1. The molecule has 3 aromatic rings. The zero-order valence-electron chi connectivity index (χ0n) is 21.8. The van der Waals surface area contributed by atoms with Gasteiger partial charge in [0.25, 0.3) is 0 Å². The maximum atomic E-state index is 12.3. The standard InChI is InChI=1S/C27H32N4O9S/c28-27-30-18(14-41-27)12-20(33)29-17-8-6-15(7-9-17)10-11-31(13-19(32)16-4-2-1-3-5-16)40-26-23(36)21(34)22(35)24(39-26)25(37)38/h1-9,14,19,21-24,26,32,34-36H,10-13H2,(H2,28,30)(H,29,33)(H,37,38)/t19-,21-,22-,23+,24-,26-/m0/s1. The molecule has 1 fully saturated rings. The first kappa shape index (κ1) is 30.5. The average molecular weight is 589 g/mol. The van der Waals surface area contributed by atoms with E-state index in [0.717, 1.165) is 5.56 Å². The molecule has 1 amide bonds. The summed E-state index contributed by atoms with van der Waals surface area (Å²) < 4.78 is 5.25. The molecule has 6 atom stereocenters. The van der Waals surface area contributed by atoms with E-state index in [-0.39, 0.29) is 25.4 Å². The Balaban J connectivity index is 1.40. The van der Waals surface area contributed by atoms with Crippen LogP contribution in [-0.2, 0) is 32.0 Å². The number of hydrogen-bond acceptors (Lipinski definition) is 12. The molecular weight excluding hydrogens is 556 g/mol. The highest BCUT2D eigenvalue weighted by molar-refractivity contribution is 7.13. The molecule has 1 aliphatic rings. The van der Waals surface area contributed by atoms with Crippen LogP contribution in [0.1, 0.15) is 22.9 Å². The van der Waals surface area contributed by atoms with Gasteiger partial charge in [0.15, 0.2) is 11.2 Å². The van der Waals surface area contributed by atoms with Crippen molar-refractivity contribution in [2.24, 2.45) is 0 Å². The number of nitrogen functional groups attached to an aromatic ring is 1. The Kier molecular flexibility index (Phi) is 10.4. The van der Waals surface area contributed by atoms with Gasteiger partial charge in [-0.15, -0.1) is 11.3 Å². The fourth-order valence-corrected chi connectivity index (χ4v) is 4.79. The summed E-state index contributed by atoms with van der Waals surface area (Å²) in [6.45, 7) is 0.0894. The van der Waals surface area contributed by atoms with Gasteiger partial charge in [-0.25, -0.2) is 9.78 Å². The second-order valence-corrected chi connectivity index (χ2v) is 10.4. The Morgan fingerprint density at radius 1 is 1.07 bits per heavy atom. The molecule has 13 nitrogen and oxygen atoms in total. The molecule has 4 rings (SSSR count). The summed E-state index contributed by atoms with van der Waals surface area (Å²) in [5.74, 6) is -1.77. The van der Waals surface area contributed by atoms with E-state index >= 15 is 0 Å². The van der Waals surface area contributed by atoms with Crippen molar-refractivity contribution in [3.63, 3.8) is 0 Å². The van der Waals surface area contributed by atoms with Gasteiger partial charge in [0.2, 0.25) is 12.2 Å². The molecule has 0 saturated carbocycles. The Hall–Kier alpha value is -3.47. The predicted molar refractivity (Wildman–Crippen MR) is 147 cm³/mol. The van der Waals surface area contributed by atoms with Gasteiger partial charge in [-0.3, -0.25) is 9.63 Å². The lowest BCUT2D eigenvalue weighted by atomic mass is 9.99. The monoisotopic (exact) mass is 588 g/mol. The quantitative estimate of drug-likeness (QED) is 0.143. The number of carbonyl (C=O) groups excluding carboxylic acids is 1. The van der Waals surface area contributed by atoms with Crippen molar-refractivity contribution in [1.29, 1.82) is 0 Å². The SMILES string of the molecule is Nc1nc(CC(=O)Nc2ccc(CCN(C[C@H](O)c3ccccc3)O[C@@H]3O[C@H](C(=O)O)[C@@H](O)[C@H](O)[C@H]3O)cc2)cs1. The van der Waals surface area contributed by atoms with Gasteiger partial charge in [-0.2, -0.15) is 5.06 Å². The Labute approximate surface area is 239 Å². The van der Waals surface area contributed by atoms with Crippen molar-refractivity contribution in [3.8, 4) is 0 Å². The summed E-state index contributed by atoms with van der Waals surface area (Å²) in [6.07, 6.45) is -9.40. The number of nitrogens with two attached hydrogens (primary N) is 1. The first-order valence-electron chi connectivity index (χ1n) is 12.8. The lowest BCUT2D eigenvalue weighted by Gasteiger charge is -2.40. The average Bonchev–Trinajstić information content (AvgIpc) is 3.36. The fourth-order valence-electron chi connectivity index (χ4n) is 4.23. The molecule has 0 unspecified atom stereocenters. The Bertz CT molecular complexity index is 1290. The molecule has 220 valence electrons. The highest BCUT2D eigenvalue weighted by Crippen LogP contribution is 2.25. The molecule has 0 spiro atoms. The van der Waals surface area contributed by atoms with Crippen LogP contribution in [0, 0.1) is 0 Å². The van der Waals surface area contributed by atoms with Crippen LogP contribution in [0.4, 0.5) is 10.8 Å². The number of aromatic nitrogens is 1. The number of carbonyl (C=O) groups is 2. The van der Waals surface area contributed by atoms with E-state index in [9.17, 15) is 35.1 Å². The maximum Gasteiger partial charge on any atom is 0.335 e. The van der Waals surface area contributed by atoms with Gasteiger partial charge >= 0.3 is 5.97 Å². The van der Waals surface area contributed by atoms with E-state index < -0.39 is 42.8 Å². The van der Waals surface area contributed by atoms with E-state index in [0.29, 0.717) is 28.5 Å². The molecule has 1 aliphatic heterocycles. The summed E-state index contributed by atoms with van der Waals surface area (Å²) >= 11 is 1.26. The largest absolute Gasteiger partial charge is 0.479 e. The number of amides is 1. The summed E-state index contributed by atoms with van der Waals surface area (Å²) in [5.41, 5.74) is 8.23. The number of ether oxygens (including phenoxy) is 1. The number of anilines is 2. The van der Waals surface area contributed by atoms with Crippen molar-refractivity contribution >= 4 is 34.0 Å². The number of carboxylic acid groups (broad SMARTS) is 1. The minimum absolute atomic E-state index is 0.0811. The third kappa shape index (κ3) is 8.28. The molecule has 41 heavy (non-hydrogen) atoms. The Morgan fingerprint density at radius 2 is 1.78 bits per heavy atom. The molecule has 0 bridgehead atoms. The number of aliphatic carboxylic acids is 1. The normalized spacial score (nSPS) is 23.3. The molecule has 14 heteroatoms. The smallest absolute Gasteiger partial charge is 0.335 e. The summed E-state index contributed by atoms with van der Waals surface area (Å²) in [7, 11) is 0. The van der Waals surface area contributed by atoms with E-state index in [4.69, 9.17) is 15.3 Å². The molecule has 0 radical (unpaired) electrons. The minimum atomic E-state index is -1.86. The van der Waals surface area contributed by atoms with Crippen LogP contribution in [0.5, 0.6) is 0 Å². The summed E-state index contributed by atoms with van der Waals surface area (Å²) in [6, 6.07) is 15.8. The van der Waals surface area contributed by atoms with E-state index in [1.54, 1.807) is 60.0 Å². The lowest BCUT2D eigenvalue weighted by Crippen LogP contribution is -2.61. The van der Waals surface area contributed by atoms with Crippen molar-refractivity contribution < 1.29 is 44.7 Å². The van der Waals surface area contributed by atoms with Gasteiger partial charge < -0.3 is 41.3 Å². The van der Waals surface area contributed by atoms with Crippen molar-refractivity contribution in [2.75, 3.05) is 24.1 Å². The minimum Gasteiger partial charge on any atom is -0.479 e. The van der Waals surface area contributed by atoms with Crippen LogP contribution in [0.3, 0.4) is 0 Å². The van der Waals surface area contributed by atoms with Crippen molar-refractivity contribution in [1.82, 2.24) is 10.0 Å². The third-order valence-corrected chi connectivity index (χ3v) is 7.15. The first-order valence-corrected chi connectivity index (χ1v) is 13.6. The van der Waals surface area contributed by atoms with Crippen molar-refractivity contribution in [2.45, 2.75) is 49.7 Å². The molecule has 1 saturated heterocycles. The predicted octanol–water partition coefficient (Wildman–Crippen LogP) is 0.308. The van der Waals surface area contributed by atoms with Gasteiger partial charge in [0.05, 0.1) is 24.8 Å². The van der Waals surface area contributed by atoms with E-state index in [1.807, 2.05) is 0 Å². The number of hydroxylamine groups is 2. The molecule has 2 heterocycles. The molecule has 1 aromatic heterocycles. The summed E-state index contributed by atoms with van der Waals surface area (Å²) in [4.78, 5) is 33.6. The van der Waals surface area contributed by atoms with Crippen LogP contribution < -0.4 is 11.1 Å². The van der Waals surface area contributed by atoms with Crippen molar-refractivity contribution in [3.05, 3.63) is 76.8 Å². The number of rotatable bonds is 12. The van der Waals surface area contributed by atoms with Crippen LogP contribution in [0.2, 0.25) is 0 Å². The third-order valence-electron chi connectivity index (χ3n) is 6.43. The van der Waals surface area contributed by atoms with Gasteiger partial charge in [-0.1, -0.05) is 42.5 Å². The molecule has 2 aromatic carbocycles. The number of benzene rings is 2. The number of thiazole rings is 1. The first-order chi connectivity index (χ1) is 19.6. The highest BCUT2D eigenvalue weighted by atomic mass is 32.1.